The maximum Gasteiger partial charge on any atom is 0.295 e. The Kier molecular flexibility index (Phi) is 5.54. The van der Waals surface area contributed by atoms with Crippen LogP contribution < -0.4 is 5.11 Å². The standard InChI is InChI=1S/C21H18FNO5/c22-15-10-8-13(9-11-15)18-17(19(26)14-5-2-1-3-6-14)20(27)21(28)23(18)12-4-7-16(24)25/h1-3,5-6,8-11,18,26H,4,7,12H2,(H,24,25)/p-1. The number of halogens is 1. The lowest BCUT2D eigenvalue weighted by atomic mass is 9.95. The summed E-state index contributed by atoms with van der Waals surface area (Å²) in [5.74, 6) is -3.80. The summed E-state index contributed by atoms with van der Waals surface area (Å²) in [5.41, 5.74) is 0.685. The zero-order valence-corrected chi connectivity index (χ0v) is 14.8. The zero-order valence-electron chi connectivity index (χ0n) is 14.8. The van der Waals surface area contributed by atoms with Crippen LogP contribution in [0.5, 0.6) is 0 Å². The van der Waals surface area contributed by atoms with Gasteiger partial charge in [-0.2, -0.15) is 0 Å². The summed E-state index contributed by atoms with van der Waals surface area (Å²) >= 11 is 0. The van der Waals surface area contributed by atoms with Crippen LogP contribution in [0.4, 0.5) is 4.39 Å². The smallest absolute Gasteiger partial charge is 0.295 e. The monoisotopic (exact) mass is 382 g/mol. The fourth-order valence-electron chi connectivity index (χ4n) is 3.25. The highest BCUT2D eigenvalue weighted by molar-refractivity contribution is 6.46. The van der Waals surface area contributed by atoms with Crippen LogP contribution in [0.3, 0.4) is 0 Å². The van der Waals surface area contributed by atoms with Crippen molar-refractivity contribution < 1.29 is 29.0 Å². The van der Waals surface area contributed by atoms with Crippen LogP contribution in [0.2, 0.25) is 0 Å². The molecule has 0 radical (unpaired) electrons. The molecule has 3 rings (SSSR count). The molecule has 1 unspecified atom stereocenters. The number of amides is 1. The second kappa shape index (κ2) is 8.04. The fourth-order valence-corrected chi connectivity index (χ4v) is 3.25. The number of aliphatic hydroxyl groups is 1. The second-order valence-electron chi connectivity index (χ2n) is 6.39. The van der Waals surface area contributed by atoms with Gasteiger partial charge in [0.2, 0.25) is 0 Å². The van der Waals surface area contributed by atoms with Crippen molar-refractivity contribution >= 4 is 23.4 Å². The number of likely N-dealkylation sites (tertiary alicyclic amines) is 1. The van der Waals surface area contributed by atoms with E-state index < -0.39 is 29.5 Å². The lowest BCUT2D eigenvalue weighted by molar-refractivity contribution is -0.305. The Morgan fingerprint density at radius 1 is 1.07 bits per heavy atom. The van der Waals surface area contributed by atoms with Gasteiger partial charge in [-0.3, -0.25) is 9.59 Å². The van der Waals surface area contributed by atoms with Crippen molar-refractivity contribution in [3.8, 4) is 0 Å². The van der Waals surface area contributed by atoms with Crippen molar-refractivity contribution in [3.05, 3.63) is 77.1 Å². The van der Waals surface area contributed by atoms with Crippen molar-refractivity contribution in [2.24, 2.45) is 0 Å². The first-order valence-electron chi connectivity index (χ1n) is 8.69. The summed E-state index contributed by atoms with van der Waals surface area (Å²) in [6, 6.07) is 12.6. The molecule has 0 spiro atoms. The molecule has 28 heavy (non-hydrogen) atoms. The minimum atomic E-state index is -1.26. The fraction of sp³-hybridized carbons (Fsp3) is 0.190. The average molecular weight is 382 g/mol. The molecule has 2 aromatic carbocycles. The highest BCUT2D eigenvalue weighted by Crippen LogP contribution is 2.39. The zero-order chi connectivity index (χ0) is 20.3. The Bertz CT molecular complexity index is 937. The van der Waals surface area contributed by atoms with Gasteiger partial charge in [-0.1, -0.05) is 42.5 Å². The van der Waals surface area contributed by atoms with Gasteiger partial charge in [-0.25, -0.2) is 4.39 Å². The predicted molar refractivity (Wildman–Crippen MR) is 96.1 cm³/mol. The molecule has 0 aliphatic carbocycles. The normalized spacial score (nSPS) is 18.5. The third-order valence-electron chi connectivity index (χ3n) is 4.55. The van der Waals surface area contributed by atoms with Crippen LogP contribution in [0, 0.1) is 5.82 Å². The van der Waals surface area contributed by atoms with Crippen molar-refractivity contribution in [2.75, 3.05) is 6.54 Å². The van der Waals surface area contributed by atoms with E-state index in [9.17, 15) is 29.0 Å². The second-order valence-corrected chi connectivity index (χ2v) is 6.39. The van der Waals surface area contributed by atoms with E-state index in [2.05, 4.69) is 0 Å². The van der Waals surface area contributed by atoms with Crippen LogP contribution in [0.25, 0.3) is 5.76 Å². The third-order valence-corrected chi connectivity index (χ3v) is 4.55. The van der Waals surface area contributed by atoms with Crippen molar-refractivity contribution in [3.63, 3.8) is 0 Å². The van der Waals surface area contributed by atoms with E-state index in [4.69, 9.17) is 0 Å². The Labute approximate surface area is 160 Å². The number of Topliss-reactive ketones (excluding diaryl/α,β-unsaturated/α-hetero) is 1. The summed E-state index contributed by atoms with van der Waals surface area (Å²) in [6.07, 6.45) is -0.198. The highest BCUT2D eigenvalue weighted by Gasteiger charge is 2.45. The van der Waals surface area contributed by atoms with Gasteiger partial charge < -0.3 is 19.9 Å². The average Bonchev–Trinajstić information content (AvgIpc) is 2.93. The molecule has 1 heterocycles. The van der Waals surface area contributed by atoms with E-state index in [1.807, 2.05) is 0 Å². The minimum Gasteiger partial charge on any atom is -0.550 e. The molecule has 2 aromatic rings. The van der Waals surface area contributed by atoms with Crippen molar-refractivity contribution in [1.29, 1.82) is 0 Å². The van der Waals surface area contributed by atoms with E-state index in [-0.39, 0.29) is 30.7 Å². The van der Waals surface area contributed by atoms with E-state index in [1.165, 1.54) is 29.2 Å². The van der Waals surface area contributed by atoms with Gasteiger partial charge in [0, 0.05) is 18.1 Å². The van der Waals surface area contributed by atoms with Crippen LogP contribution >= 0.6 is 0 Å². The first-order chi connectivity index (χ1) is 13.4. The topological polar surface area (TPSA) is 97.7 Å². The van der Waals surface area contributed by atoms with Gasteiger partial charge in [0.15, 0.2) is 0 Å². The van der Waals surface area contributed by atoms with Gasteiger partial charge in [0.25, 0.3) is 11.7 Å². The lowest BCUT2D eigenvalue weighted by Gasteiger charge is -2.25. The molecule has 1 aliphatic heterocycles. The summed E-state index contributed by atoms with van der Waals surface area (Å²) in [6.45, 7) is -0.0217. The van der Waals surface area contributed by atoms with E-state index in [0.29, 0.717) is 11.1 Å². The number of carboxylic acids is 1. The van der Waals surface area contributed by atoms with Crippen molar-refractivity contribution in [1.82, 2.24) is 4.90 Å². The number of carboxylic acid groups (broad SMARTS) is 1. The number of nitrogens with zero attached hydrogens (tertiary/aromatic N) is 1. The number of carbonyl (C=O) groups is 3. The molecule has 0 saturated carbocycles. The Morgan fingerprint density at radius 2 is 1.71 bits per heavy atom. The van der Waals surface area contributed by atoms with Crippen LogP contribution in [-0.4, -0.2) is 34.2 Å². The number of rotatable bonds is 6. The number of hydrogen-bond donors (Lipinski definition) is 1. The Balaban J connectivity index is 2.08. The van der Waals surface area contributed by atoms with Gasteiger partial charge >= 0.3 is 0 Å². The first kappa shape index (κ1) is 19.3. The third kappa shape index (κ3) is 3.78. The number of carbonyl (C=O) groups excluding carboxylic acids is 3. The lowest BCUT2D eigenvalue weighted by Crippen LogP contribution is -2.32. The van der Waals surface area contributed by atoms with Crippen LogP contribution in [0.15, 0.2) is 60.2 Å². The molecule has 1 aliphatic rings. The molecule has 1 atom stereocenters. The predicted octanol–water partition coefficient (Wildman–Crippen LogP) is 1.78. The highest BCUT2D eigenvalue weighted by atomic mass is 19.1. The van der Waals surface area contributed by atoms with Gasteiger partial charge in [-0.05, 0) is 30.5 Å². The SMILES string of the molecule is O=C([O-])CCCN1C(=O)C(=O)C(=C(O)c2ccccc2)C1c1ccc(F)cc1. The van der Waals surface area contributed by atoms with Gasteiger partial charge in [0.1, 0.15) is 11.6 Å². The summed E-state index contributed by atoms with van der Waals surface area (Å²) in [4.78, 5) is 37.1. The number of hydrogen-bond acceptors (Lipinski definition) is 5. The van der Waals surface area contributed by atoms with Crippen LogP contribution in [0.1, 0.15) is 30.0 Å². The first-order valence-corrected chi connectivity index (χ1v) is 8.69. The molecule has 0 aromatic heterocycles. The molecule has 6 nitrogen and oxygen atoms in total. The molecule has 1 saturated heterocycles. The summed E-state index contributed by atoms with van der Waals surface area (Å²) in [5, 5.41) is 21.4. The molecule has 144 valence electrons. The largest absolute Gasteiger partial charge is 0.550 e. The molecule has 1 amide bonds. The molecule has 7 heteroatoms. The number of benzene rings is 2. The Hall–Kier alpha value is -3.48. The molecule has 1 N–H and O–H groups in total. The van der Waals surface area contributed by atoms with E-state index >= 15 is 0 Å². The van der Waals surface area contributed by atoms with E-state index in [1.54, 1.807) is 30.3 Å². The summed E-state index contributed by atoms with van der Waals surface area (Å²) < 4.78 is 13.4. The summed E-state index contributed by atoms with van der Waals surface area (Å²) in [7, 11) is 0. The maximum atomic E-state index is 13.4. The Morgan fingerprint density at radius 3 is 2.32 bits per heavy atom. The van der Waals surface area contributed by atoms with Crippen molar-refractivity contribution in [2.45, 2.75) is 18.9 Å². The molecule has 0 bridgehead atoms. The van der Waals surface area contributed by atoms with Crippen LogP contribution in [-0.2, 0) is 14.4 Å². The van der Waals surface area contributed by atoms with E-state index in [0.717, 1.165) is 0 Å². The number of aliphatic hydroxyl groups excluding tert-OH is 1. The minimum absolute atomic E-state index is 0.0217. The molecular formula is C21H17FNO5-. The molecule has 1 fully saturated rings. The van der Waals surface area contributed by atoms with Gasteiger partial charge in [0.05, 0.1) is 11.6 Å². The number of ketones is 1. The molecular weight excluding hydrogens is 365 g/mol. The number of aliphatic carboxylic acids is 1. The quantitative estimate of drug-likeness (QED) is 0.467. The maximum absolute atomic E-state index is 13.4. The van der Waals surface area contributed by atoms with Gasteiger partial charge in [-0.15, -0.1) is 0 Å².